The summed E-state index contributed by atoms with van der Waals surface area (Å²) in [6, 6.07) is 4.00. The van der Waals surface area contributed by atoms with Crippen LogP contribution in [0.25, 0.3) is 0 Å². The molecule has 2 heterocycles. The molecule has 5 heteroatoms. The molecule has 0 amide bonds. The topological polar surface area (TPSA) is 59.0 Å². The summed E-state index contributed by atoms with van der Waals surface area (Å²) in [5.74, 6) is 1.44. The second-order valence-corrected chi connectivity index (χ2v) is 8.39. The number of rotatable bonds is 3. The zero-order chi connectivity index (χ0) is 18.3. The van der Waals surface area contributed by atoms with Crippen LogP contribution in [0.1, 0.15) is 37.3 Å². The van der Waals surface area contributed by atoms with Crippen LogP contribution in [0, 0.1) is 0 Å². The van der Waals surface area contributed by atoms with Crippen molar-refractivity contribution in [1.29, 1.82) is 0 Å². The molecule has 5 rings (SSSR count). The minimum atomic E-state index is -0.954. The third kappa shape index (κ3) is 1.71. The van der Waals surface area contributed by atoms with Crippen molar-refractivity contribution in [3.63, 3.8) is 0 Å². The van der Waals surface area contributed by atoms with Gasteiger partial charge in [-0.25, -0.2) is 0 Å². The SMILES string of the molecule is C=C(C)CN1CC[C@]23c4c5ccc(OC)c4O[C@H]2C(=O)CC[C@@]3(O)[C@H]1C5. The van der Waals surface area contributed by atoms with Crippen molar-refractivity contribution in [3.05, 3.63) is 35.4 Å². The average molecular weight is 355 g/mol. The van der Waals surface area contributed by atoms with Crippen LogP contribution in [-0.4, -0.2) is 53.7 Å². The lowest BCUT2D eigenvalue weighted by atomic mass is 9.49. The van der Waals surface area contributed by atoms with Crippen molar-refractivity contribution in [2.45, 2.75) is 55.8 Å². The highest BCUT2D eigenvalue weighted by Crippen LogP contribution is 2.64. The summed E-state index contributed by atoms with van der Waals surface area (Å²) in [5.41, 5.74) is 1.71. The molecule has 1 saturated heterocycles. The Morgan fingerprint density at radius 2 is 2.27 bits per heavy atom. The van der Waals surface area contributed by atoms with Gasteiger partial charge in [-0.2, -0.15) is 0 Å². The van der Waals surface area contributed by atoms with Gasteiger partial charge in [-0.3, -0.25) is 9.69 Å². The molecule has 1 saturated carbocycles. The molecular weight excluding hydrogens is 330 g/mol. The van der Waals surface area contributed by atoms with Crippen LogP contribution >= 0.6 is 0 Å². The van der Waals surface area contributed by atoms with E-state index < -0.39 is 17.1 Å². The second kappa shape index (κ2) is 5.11. The molecule has 0 aromatic heterocycles. The Bertz CT molecular complexity index is 834. The Kier molecular flexibility index (Phi) is 3.21. The van der Waals surface area contributed by atoms with E-state index in [2.05, 4.69) is 17.5 Å². The predicted molar refractivity (Wildman–Crippen MR) is 96.8 cm³/mol. The van der Waals surface area contributed by atoms with E-state index in [1.165, 1.54) is 5.56 Å². The molecule has 1 aromatic carbocycles. The van der Waals surface area contributed by atoms with E-state index in [-0.39, 0.29) is 11.8 Å². The lowest BCUT2D eigenvalue weighted by Gasteiger charge is -2.62. The summed E-state index contributed by atoms with van der Waals surface area (Å²) in [5, 5.41) is 12.0. The maximum Gasteiger partial charge on any atom is 0.174 e. The van der Waals surface area contributed by atoms with Crippen molar-refractivity contribution in [2.24, 2.45) is 0 Å². The summed E-state index contributed by atoms with van der Waals surface area (Å²) in [6.07, 6.45) is 1.76. The molecule has 5 nitrogen and oxygen atoms in total. The average Bonchev–Trinajstić information content (AvgIpc) is 2.95. The van der Waals surface area contributed by atoms with Crippen LogP contribution in [0.2, 0.25) is 0 Å². The summed E-state index contributed by atoms with van der Waals surface area (Å²) in [7, 11) is 1.62. The molecule has 2 fully saturated rings. The lowest BCUT2D eigenvalue weighted by Crippen LogP contribution is -2.76. The number of nitrogens with zero attached hydrogens (tertiary/aromatic N) is 1. The summed E-state index contributed by atoms with van der Waals surface area (Å²) in [6.45, 7) is 7.71. The molecule has 1 N–H and O–H groups in total. The first-order chi connectivity index (χ1) is 12.4. The zero-order valence-corrected chi connectivity index (χ0v) is 15.4. The molecule has 0 radical (unpaired) electrons. The summed E-state index contributed by atoms with van der Waals surface area (Å²) < 4.78 is 11.7. The molecule has 4 atom stereocenters. The lowest BCUT2D eigenvalue weighted by molar-refractivity contribution is -0.187. The van der Waals surface area contributed by atoms with Crippen molar-refractivity contribution in [3.8, 4) is 11.5 Å². The number of aliphatic hydroxyl groups is 1. The Hall–Kier alpha value is -1.85. The second-order valence-electron chi connectivity index (χ2n) is 8.39. The number of ether oxygens (including phenoxy) is 2. The third-order valence-corrected chi connectivity index (χ3v) is 7.05. The van der Waals surface area contributed by atoms with Gasteiger partial charge in [0, 0.05) is 31.1 Å². The largest absolute Gasteiger partial charge is 0.493 e. The standard InChI is InChI=1S/C21H25NO4/c1-12(2)11-22-9-8-20-17-13-4-5-15(25-3)18(17)26-19(20)14(23)6-7-21(20,24)16(22)10-13/h4-5,16,19,24H,1,6-11H2,2-3H3/t16-,19+,20+,21-/m1/s1. The number of carbonyl (C=O) groups excluding carboxylic acids is 1. The number of piperidine rings is 1. The van der Waals surface area contributed by atoms with Crippen molar-refractivity contribution in [2.75, 3.05) is 20.2 Å². The van der Waals surface area contributed by atoms with Gasteiger partial charge < -0.3 is 14.6 Å². The van der Waals surface area contributed by atoms with E-state index in [0.717, 1.165) is 37.1 Å². The van der Waals surface area contributed by atoms with Crippen LogP contribution < -0.4 is 9.47 Å². The predicted octanol–water partition coefficient (Wildman–Crippen LogP) is 1.99. The van der Waals surface area contributed by atoms with E-state index in [9.17, 15) is 9.90 Å². The molecule has 4 aliphatic rings. The number of hydrogen-bond acceptors (Lipinski definition) is 5. The molecule has 1 aromatic rings. The first-order valence-electron chi connectivity index (χ1n) is 9.43. The van der Waals surface area contributed by atoms with E-state index in [0.29, 0.717) is 24.3 Å². The highest BCUT2D eigenvalue weighted by Gasteiger charge is 2.73. The minimum Gasteiger partial charge on any atom is -0.493 e. The van der Waals surface area contributed by atoms with Crippen LogP contribution in [0.4, 0.5) is 0 Å². The number of likely N-dealkylation sites (tertiary alicyclic amines) is 1. The van der Waals surface area contributed by atoms with Crippen molar-refractivity contribution in [1.82, 2.24) is 4.90 Å². The fraction of sp³-hybridized carbons (Fsp3) is 0.571. The minimum absolute atomic E-state index is 0.0148. The van der Waals surface area contributed by atoms with Gasteiger partial charge in [0.1, 0.15) is 0 Å². The molecule has 0 unspecified atom stereocenters. The monoisotopic (exact) mass is 355 g/mol. The Balaban J connectivity index is 1.75. The molecule has 2 bridgehead atoms. The van der Waals surface area contributed by atoms with Gasteiger partial charge >= 0.3 is 0 Å². The van der Waals surface area contributed by atoms with Crippen molar-refractivity contribution < 1.29 is 19.4 Å². The highest BCUT2D eigenvalue weighted by molar-refractivity contribution is 5.90. The quantitative estimate of drug-likeness (QED) is 0.841. The Morgan fingerprint density at radius 1 is 1.46 bits per heavy atom. The summed E-state index contributed by atoms with van der Waals surface area (Å²) >= 11 is 0. The number of methoxy groups -OCH3 is 1. The van der Waals surface area contributed by atoms with E-state index in [1.807, 2.05) is 13.0 Å². The number of benzene rings is 1. The van der Waals surface area contributed by atoms with E-state index in [1.54, 1.807) is 7.11 Å². The molecule has 138 valence electrons. The normalized spacial score (nSPS) is 37.1. The fourth-order valence-corrected chi connectivity index (χ4v) is 6.10. The molecule has 2 aliphatic carbocycles. The van der Waals surface area contributed by atoms with Gasteiger partial charge in [-0.15, -0.1) is 0 Å². The maximum absolute atomic E-state index is 12.8. The van der Waals surface area contributed by atoms with Crippen LogP contribution in [0.5, 0.6) is 11.5 Å². The van der Waals surface area contributed by atoms with Crippen LogP contribution in [0.15, 0.2) is 24.3 Å². The number of carbonyl (C=O) groups is 1. The fourth-order valence-electron chi connectivity index (χ4n) is 6.10. The van der Waals surface area contributed by atoms with Crippen molar-refractivity contribution >= 4 is 5.78 Å². The van der Waals surface area contributed by atoms with E-state index in [4.69, 9.17) is 9.47 Å². The van der Waals surface area contributed by atoms with Gasteiger partial charge in [0.2, 0.25) is 0 Å². The number of Topliss-reactive ketones (excluding diaryl/α,β-unsaturated/α-hetero) is 1. The van der Waals surface area contributed by atoms with Crippen LogP contribution in [0.3, 0.4) is 0 Å². The Labute approximate surface area is 153 Å². The Morgan fingerprint density at radius 3 is 3.00 bits per heavy atom. The van der Waals surface area contributed by atoms with Gasteiger partial charge in [0.25, 0.3) is 0 Å². The first-order valence-corrected chi connectivity index (χ1v) is 9.43. The van der Waals surface area contributed by atoms with Gasteiger partial charge in [-0.05, 0) is 37.8 Å². The zero-order valence-electron chi connectivity index (χ0n) is 15.4. The van der Waals surface area contributed by atoms with Gasteiger partial charge in [0.05, 0.1) is 18.1 Å². The van der Waals surface area contributed by atoms with E-state index >= 15 is 0 Å². The summed E-state index contributed by atoms with van der Waals surface area (Å²) in [4.78, 5) is 15.2. The van der Waals surface area contributed by atoms with Crippen LogP contribution in [-0.2, 0) is 16.6 Å². The molecule has 1 spiro atoms. The number of hydrogen-bond donors (Lipinski definition) is 1. The van der Waals surface area contributed by atoms with Gasteiger partial charge in [0.15, 0.2) is 23.4 Å². The molecular formula is C21H25NO4. The highest BCUT2D eigenvalue weighted by atomic mass is 16.5. The maximum atomic E-state index is 12.8. The molecule has 26 heavy (non-hydrogen) atoms. The van der Waals surface area contributed by atoms with Gasteiger partial charge in [-0.1, -0.05) is 18.2 Å². The molecule has 2 aliphatic heterocycles. The first kappa shape index (κ1) is 16.3. The number of ketones is 1. The third-order valence-electron chi connectivity index (χ3n) is 7.05. The smallest absolute Gasteiger partial charge is 0.174 e.